The minimum Gasteiger partial charge on any atom is -0.489 e. The van der Waals surface area contributed by atoms with Gasteiger partial charge in [-0.15, -0.1) is 11.3 Å². The summed E-state index contributed by atoms with van der Waals surface area (Å²) >= 11 is 1.53. The molecule has 4 nitrogen and oxygen atoms in total. The van der Waals surface area contributed by atoms with Crippen LogP contribution >= 0.6 is 11.3 Å². The molecule has 0 amide bonds. The zero-order valence-electron chi connectivity index (χ0n) is 17.0. The Morgan fingerprint density at radius 2 is 1.61 bits per heavy atom. The highest BCUT2D eigenvalue weighted by Gasteiger charge is 2.11. The molecule has 5 rings (SSSR count). The van der Waals surface area contributed by atoms with E-state index in [-0.39, 0.29) is 5.56 Å². The minimum atomic E-state index is -0.126. The van der Waals surface area contributed by atoms with E-state index < -0.39 is 0 Å². The SMILES string of the molecule is Cc1ccc(-c2cc3c(=O)[nH]c(-c4ccc(OCc5ccccc5)cc4)nc3s2)cc1. The van der Waals surface area contributed by atoms with Gasteiger partial charge >= 0.3 is 0 Å². The Morgan fingerprint density at radius 1 is 0.903 bits per heavy atom. The van der Waals surface area contributed by atoms with Crippen LogP contribution in [0, 0.1) is 6.92 Å². The lowest BCUT2D eigenvalue weighted by molar-refractivity contribution is 0.306. The van der Waals surface area contributed by atoms with E-state index in [1.807, 2.05) is 60.7 Å². The second-order valence-electron chi connectivity index (χ2n) is 7.41. The summed E-state index contributed by atoms with van der Waals surface area (Å²) < 4.78 is 5.85. The summed E-state index contributed by atoms with van der Waals surface area (Å²) in [5.41, 5.74) is 4.13. The van der Waals surface area contributed by atoms with E-state index in [2.05, 4.69) is 36.2 Å². The quantitative estimate of drug-likeness (QED) is 0.365. The van der Waals surface area contributed by atoms with Crippen molar-refractivity contribution in [1.82, 2.24) is 9.97 Å². The van der Waals surface area contributed by atoms with Crippen molar-refractivity contribution in [2.24, 2.45) is 0 Å². The number of rotatable bonds is 5. The van der Waals surface area contributed by atoms with Gasteiger partial charge in [-0.25, -0.2) is 4.98 Å². The maximum absolute atomic E-state index is 12.7. The van der Waals surface area contributed by atoms with E-state index in [4.69, 9.17) is 9.72 Å². The minimum absolute atomic E-state index is 0.126. The maximum atomic E-state index is 12.7. The molecule has 0 aliphatic rings. The molecule has 0 aliphatic carbocycles. The molecule has 3 aromatic carbocycles. The van der Waals surface area contributed by atoms with Crippen molar-refractivity contribution in [3.63, 3.8) is 0 Å². The summed E-state index contributed by atoms with van der Waals surface area (Å²) in [5.74, 6) is 1.33. The highest BCUT2D eigenvalue weighted by molar-refractivity contribution is 7.21. The van der Waals surface area contributed by atoms with Gasteiger partial charge in [0.15, 0.2) is 0 Å². The summed E-state index contributed by atoms with van der Waals surface area (Å²) in [6.45, 7) is 2.57. The first-order valence-electron chi connectivity index (χ1n) is 10.0. The lowest BCUT2D eigenvalue weighted by Gasteiger charge is -2.07. The normalized spacial score (nSPS) is 11.0. The first-order valence-corrected chi connectivity index (χ1v) is 10.9. The van der Waals surface area contributed by atoms with Crippen LogP contribution in [-0.4, -0.2) is 9.97 Å². The highest BCUT2D eigenvalue weighted by atomic mass is 32.1. The van der Waals surface area contributed by atoms with Gasteiger partial charge in [0.25, 0.3) is 5.56 Å². The predicted octanol–water partition coefficient (Wildman–Crippen LogP) is 6.21. The summed E-state index contributed by atoms with van der Waals surface area (Å²) in [4.78, 5) is 22.1. The summed E-state index contributed by atoms with van der Waals surface area (Å²) in [7, 11) is 0. The Labute approximate surface area is 183 Å². The average Bonchev–Trinajstić information content (AvgIpc) is 3.24. The van der Waals surface area contributed by atoms with Crippen LogP contribution in [-0.2, 0) is 6.61 Å². The fraction of sp³-hybridized carbons (Fsp3) is 0.0769. The molecule has 5 heteroatoms. The number of nitrogens with one attached hydrogen (secondary N) is 1. The van der Waals surface area contributed by atoms with Crippen LogP contribution in [0.2, 0.25) is 0 Å². The largest absolute Gasteiger partial charge is 0.489 e. The predicted molar refractivity (Wildman–Crippen MR) is 127 cm³/mol. The van der Waals surface area contributed by atoms with E-state index >= 15 is 0 Å². The van der Waals surface area contributed by atoms with E-state index in [0.717, 1.165) is 32.1 Å². The van der Waals surface area contributed by atoms with Crippen molar-refractivity contribution in [3.8, 4) is 27.6 Å². The molecule has 2 heterocycles. The number of benzene rings is 3. The number of fused-ring (bicyclic) bond motifs is 1. The molecule has 0 aliphatic heterocycles. The Bertz CT molecular complexity index is 1390. The molecular weight excluding hydrogens is 404 g/mol. The highest BCUT2D eigenvalue weighted by Crippen LogP contribution is 2.32. The third-order valence-electron chi connectivity index (χ3n) is 5.11. The zero-order valence-corrected chi connectivity index (χ0v) is 17.8. The van der Waals surface area contributed by atoms with Gasteiger partial charge in [0.05, 0.1) is 5.39 Å². The molecule has 0 unspecified atom stereocenters. The molecule has 0 saturated carbocycles. The molecule has 5 aromatic rings. The van der Waals surface area contributed by atoms with E-state index in [1.165, 1.54) is 16.9 Å². The molecule has 1 N–H and O–H groups in total. The Kier molecular flexibility index (Phi) is 5.10. The summed E-state index contributed by atoms with van der Waals surface area (Å²) in [6.07, 6.45) is 0. The van der Waals surface area contributed by atoms with Crippen molar-refractivity contribution in [2.75, 3.05) is 0 Å². The average molecular weight is 425 g/mol. The van der Waals surface area contributed by atoms with Gasteiger partial charge in [0, 0.05) is 10.4 Å². The Hall–Kier alpha value is -3.70. The summed E-state index contributed by atoms with van der Waals surface area (Å²) in [5, 5.41) is 0.618. The molecule has 31 heavy (non-hydrogen) atoms. The van der Waals surface area contributed by atoms with Gasteiger partial charge in [-0.1, -0.05) is 60.2 Å². The number of aromatic nitrogens is 2. The third kappa shape index (κ3) is 4.13. The van der Waals surface area contributed by atoms with Gasteiger partial charge < -0.3 is 9.72 Å². The number of aryl methyl sites for hydroxylation is 1. The Morgan fingerprint density at radius 3 is 2.35 bits per heavy atom. The third-order valence-corrected chi connectivity index (χ3v) is 6.19. The van der Waals surface area contributed by atoms with Crippen molar-refractivity contribution >= 4 is 21.6 Å². The summed E-state index contributed by atoms with van der Waals surface area (Å²) in [6, 6.07) is 27.9. The molecule has 0 fully saturated rings. The van der Waals surface area contributed by atoms with Crippen LogP contribution in [0.3, 0.4) is 0 Å². The maximum Gasteiger partial charge on any atom is 0.259 e. The van der Waals surface area contributed by atoms with Crippen LogP contribution in [0.15, 0.2) is 89.7 Å². The van der Waals surface area contributed by atoms with E-state index in [0.29, 0.717) is 17.8 Å². The van der Waals surface area contributed by atoms with Crippen LogP contribution in [0.1, 0.15) is 11.1 Å². The van der Waals surface area contributed by atoms with Crippen LogP contribution in [0.4, 0.5) is 0 Å². The number of aromatic amines is 1. The molecule has 152 valence electrons. The molecule has 0 radical (unpaired) electrons. The topological polar surface area (TPSA) is 55.0 Å². The number of hydrogen-bond donors (Lipinski definition) is 1. The lowest BCUT2D eigenvalue weighted by Crippen LogP contribution is -2.07. The standard InChI is InChI=1S/C26H20N2O2S/c1-17-7-9-19(10-8-17)23-15-22-25(29)27-24(28-26(22)31-23)20-11-13-21(14-12-20)30-16-18-5-3-2-4-6-18/h2-15H,16H2,1H3,(H,27,28,29). The van der Waals surface area contributed by atoms with Crippen LogP contribution < -0.4 is 10.3 Å². The van der Waals surface area contributed by atoms with Gasteiger partial charge in [-0.05, 0) is 48.4 Å². The first kappa shape index (κ1) is 19.3. The van der Waals surface area contributed by atoms with Crippen molar-refractivity contribution in [2.45, 2.75) is 13.5 Å². The number of ether oxygens (including phenoxy) is 1. The fourth-order valence-electron chi connectivity index (χ4n) is 3.38. The zero-order chi connectivity index (χ0) is 21.2. The smallest absolute Gasteiger partial charge is 0.259 e. The van der Waals surface area contributed by atoms with Crippen molar-refractivity contribution in [1.29, 1.82) is 0 Å². The van der Waals surface area contributed by atoms with Gasteiger partial charge in [0.2, 0.25) is 0 Å². The Balaban J connectivity index is 1.40. The number of H-pyrrole nitrogens is 1. The van der Waals surface area contributed by atoms with Crippen LogP contribution in [0.5, 0.6) is 5.75 Å². The van der Waals surface area contributed by atoms with Gasteiger partial charge in [0.1, 0.15) is 23.0 Å². The molecular formula is C26H20N2O2S. The van der Waals surface area contributed by atoms with Gasteiger partial charge in [-0.2, -0.15) is 0 Å². The van der Waals surface area contributed by atoms with Crippen molar-refractivity contribution < 1.29 is 4.74 Å². The lowest BCUT2D eigenvalue weighted by atomic mass is 10.1. The second-order valence-corrected chi connectivity index (χ2v) is 8.44. The monoisotopic (exact) mass is 424 g/mol. The first-order chi connectivity index (χ1) is 15.2. The molecule has 0 spiro atoms. The second kappa shape index (κ2) is 8.20. The number of hydrogen-bond acceptors (Lipinski definition) is 4. The van der Waals surface area contributed by atoms with Crippen LogP contribution in [0.25, 0.3) is 32.0 Å². The molecule has 0 saturated heterocycles. The molecule has 0 bridgehead atoms. The van der Waals surface area contributed by atoms with Crippen molar-refractivity contribution in [3.05, 3.63) is 106 Å². The molecule has 0 atom stereocenters. The van der Waals surface area contributed by atoms with E-state index in [1.54, 1.807) is 0 Å². The molecule has 2 aromatic heterocycles. The number of nitrogens with zero attached hydrogens (tertiary/aromatic N) is 1. The van der Waals surface area contributed by atoms with Gasteiger partial charge in [-0.3, -0.25) is 4.79 Å². The van der Waals surface area contributed by atoms with E-state index in [9.17, 15) is 4.79 Å². The number of thiophene rings is 1. The fourth-order valence-corrected chi connectivity index (χ4v) is 4.42.